The highest BCUT2D eigenvalue weighted by Gasteiger charge is 2.29. The lowest BCUT2D eigenvalue weighted by atomic mass is 9.96. The third-order valence-electron chi connectivity index (χ3n) is 4.47. The van der Waals surface area contributed by atoms with Crippen LogP contribution >= 0.6 is 11.6 Å². The van der Waals surface area contributed by atoms with E-state index in [1.807, 2.05) is 18.7 Å². The fraction of sp³-hybridized carbons (Fsp3) is 0.500. The van der Waals surface area contributed by atoms with Crippen LogP contribution in [0.1, 0.15) is 60.7 Å². The lowest BCUT2D eigenvalue weighted by Crippen LogP contribution is -2.38. The average Bonchev–Trinajstić information content (AvgIpc) is 3.11. The van der Waals surface area contributed by atoms with E-state index in [-0.39, 0.29) is 17.7 Å². The van der Waals surface area contributed by atoms with E-state index in [4.69, 9.17) is 20.8 Å². The summed E-state index contributed by atoms with van der Waals surface area (Å²) < 4.78 is 11.0. The maximum atomic E-state index is 12.8. The highest BCUT2D eigenvalue weighted by Crippen LogP contribution is 2.30. The van der Waals surface area contributed by atoms with Crippen LogP contribution < -0.4 is 4.74 Å². The Kier molecular flexibility index (Phi) is 5.27. The van der Waals surface area contributed by atoms with E-state index in [9.17, 15) is 4.79 Å². The molecular formula is C18H22ClN3O3. The molecule has 6 nitrogen and oxygen atoms in total. The number of piperidine rings is 1. The molecule has 1 amide bonds. The molecule has 2 heterocycles. The molecule has 0 radical (unpaired) electrons. The highest BCUT2D eigenvalue weighted by atomic mass is 35.5. The second kappa shape index (κ2) is 7.44. The second-order valence-electron chi connectivity index (χ2n) is 6.54. The van der Waals surface area contributed by atoms with Crippen LogP contribution in [-0.4, -0.2) is 41.2 Å². The Hall–Kier alpha value is -2.08. The zero-order chi connectivity index (χ0) is 18.0. The number of carbonyl (C=O) groups is 1. The summed E-state index contributed by atoms with van der Waals surface area (Å²) >= 11 is 6.03. The summed E-state index contributed by atoms with van der Waals surface area (Å²) in [5.74, 6) is 2.23. The Balaban J connectivity index is 1.67. The van der Waals surface area contributed by atoms with Crippen molar-refractivity contribution >= 4 is 17.5 Å². The van der Waals surface area contributed by atoms with Crippen molar-refractivity contribution < 1.29 is 13.9 Å². The van der Waals surface area contributed by atoms with Gasteiger partial charge in [0.05, 0.1) is 12.7 Å². The van der Waals surface area contributed by atoms with Gasteiger partial charge in [-0.1, -0.05) is 25.4 Å². The van der Waals surface area contributed by atoms with Crippen LogP contribution in [0, 0.1) is 0 Å². The summed E-state index contributed by atoms with van der Waals surface area (Å²) in [6, 6.07) is 5.08. The van der Waals surface area contributed by atoms with Gasteiger partial charge in [0, 0.05) is 29.9 Å². The van der Waals surface area contributed by atoms with Gasteiger partial charge in [-0.15, -0.1) is 10.2 Å². The van der Waals surface area contributed by atoms with Crippen LogP contribution in [0.5, 0.6) is 5.75 Å². The summed E-state index contributed by atoms with van der Waals surface area (Å²) in [5, 5.41) is 8.79. The van der Waals surface area contributed by atoms with Crippen molar-refractivity contribution in [1.82, 2.24) is 15.1 Å². The topological polar surface area (TPSA) is 68.5 Å². The summed E-state index contributed by atoms with van der Waals surface area (Å²) in [7, 11) is 1.55. The molecule has 2 aromatic rings. The third-order valence-corrected chi connectivity index (χ3v) is 4.71. The number of hydrogen-bond donors (Lipinski definition) is 0. The summed E-state index contributed by atoms with van der Waals surface area (Å²) in [4.78, 5) is 14.6. The molecule has 134 valence electrons. The molecule has 25 heavy (non-hydrogen) atoms. The Morgan fingerprint density at radius 3 is 2.64 bits per heavy atom. The smallest absolute Gasteiger partial charge is 0.257 e. The van der Waals surface area contributed by atoms with Crippen molar-refractivity contribution in [3.63, 3.8) is 0 Å². The van der Waals surface area contributed by atoms with E-state index in [2.05, 4.69) is 10.2 Å². The molecule has 3 rings (SSSR count). The molecule has 1 aromatic carbocycles. The van der Waals surface area contributed by atoms with Crippen LogP contribution in [0.2, 0.25) is 5.02 Å². The van der Waals surface area contributed by atoms with Gasteiger partial charge in [-0.2, -0.15) is 0 Å². The van der Waals surface area contributed by atoms with Gasteiger partial charge in [0.1, 0.15) is 5.75 Å². The van der Waals surface area contributed by atoms with Crippen LogP contribution in [0.25, 0.3) is 0 Å². The van der Waals surface area contributed by atoms with Crippen LogP contribution in [-0.2, 0) is 0 Å². The van der Waals surface area contributed by atoms with E-state index in [0.29, 0.717) is 41.2 Å². The number of aromatic nitrogens is 2. The first kappa shape index (κ1) is 17.7. The van der Waals surface area contributed by atoms with Crippen molar-refractivity contribution in [2.24, 2.45) is 0 Å². The molecule has 0 atom stereocenters. The Labute approximate surface area is 152 Å². The number of methoxy groups -OCH3 is 1. The largest absolute Gasteiger partial charge is 0.496 e. The number of carbonyl (C=O) groups excluding carboxylic acids is 1. The van der Waals surface area contributed by atoms with Gasteiger partial charge in [-0.05, 0) is 31.0 Å². The first-order valence-corrected chi connectivity index (χ1v) is 8.83. The van der Waals surface area contributed by atoms with Crippen LogP contribution in [0.3, 0.4) is 0 Å². The number of hydrogen-bond acceptors (Lipinski definition) is 5. The van der Waals surface area contributed by atoms with Gasteiger partial charge in [-0.25, -0.2) is 0 Å². The molecule has 0 spiro atoms. The van der Waals surface area contributed by atoms with Gasteiger partial charge in [0.2, 0.25) is 11.8 Å². The zero-order valence-corrected chi connectivity index (χ0v) is 15.4. The fourth-order valence-electron chi connectivity index (χ4n) is 2.99. The van der Waals surface area contributed by atoms with E-state index in [0.717, 1.165) is 12.8 Å². The molecule has 1 aliphatic heterocycles. The molecular weight excluding hydrogens is 342 g/mol. The molecule has 0 aliphatic carbocycles. The molecule has 0 N–H and O–H groups in total. The molecule has 1 aliphatic rings. The molecule has 0 unspecified atom stereocenters. The first-order chi connectivity index (χ1) is 12.0. The summed E-state index contributed by atoms with van der Waals surface area (Å²) in [5.41, 5.74) is 0.494. The fourth-order valence-corrected chi connectivity index (χ4v) is 3.16. The zero-order valence-electron chi connectivity index (χ0n) is 14.7. The van der Waals surface area contributed by atoms with Gasteiger partial charge < -0.3 is 14.1 Å². The molecule has 0 bridgehead atoms. The monoisotopic (exact) mass is 363 g/mol. The molecule has 1 fully saturated rings. The minimum atomic E-state index is -0.0637. The van der Waals surface area contributed by atoms with E-state index in [1.54, 1.807) is 25.3 Å². The van der Waals surface area contributed by atoms with Gasteiger partial charge >= 0.3 is 0 Å². The Morgan fingerprint density at radius 1 is 1.32 bits per heavy atom. The first-order valence-electron chi connectivity index (χ1n) is 8.45. The normalized spacial score (nSPS) is 15.6. The van der Waals surface area contributed by atoms with E-state index in [1.165, 1.54) is 0 Å². The number of nitrogens with zero attached hydrogens (tertiary/aromatic N) is 3. The number of ether oxygens (including phenoxy) is 1. The lowest BCUT2D eigenvalue weighted by Gasteiger charge is -2.30. The third kappa shape index (κ3) is 3.79. The number of benzene rings is 1. The van der Waals surface area contributed by atoms with Crippen molar-refractivity contribution in [2.75, 3.05) is 20.2 Å². The molecule has 7 heteroatoms. The van der Waals surface area contributed by atoms with Crippen molar-refractivity contribution in [3.8, 4) is 5.75 Å². The van der Waals surface area contributed by atoms with Gasteiger partial charge in [0.25, 0.3) is 5.91 Å². The lowest BCUT2D eigenvalue weighted by molar-refractivity contribution is 0.0702. The van der Waals surface area contributed by atoms with Crippen LogP contribution in [0.15, 0.2) is 22.6 Å². The number of likely N-dealkylation sites (tertiary alicyclic amines) is 1. The van der Waals surface area contributed by atoms with Gasteiger partial charge in [0.15, 0.2) is 0 Å². The molecule has 1 saturated heterocycles. The Morgan fingerprint density at radius 2 is 2.04 bits per heavy atom. The SMILES string of the molecule is COc1ccc(Cl)cc1C(=O)N1CCC(c2nnc(C(C)C)o2)CC1. The maximum absolute atomic E-state index is 12.8. The van der Waals surface area contributed by atoms with E-state index >= 15 is 0 Å². The number of amides is 1. The van der Waals surface area contributed by atoms with Crippen molar-refractivity contribution in [3.05, 3.63) is 40.6 Å². The van der Waals surface area contributed by atoms with Crippen LogP contribution in [0.4, 0.5) is 0 Å². The Bertz CT molecular complexity index is 752. The predicted molar refractivity (Wildman–Crippen MR) is 94.3 cm³/mol. The van der Waals surface area contributed by atoms with E-state index < -0.39 is 0 Å². The predicted octanol–water partition coefficient (Wildman–Crippen LogP) is 3.87. The summed E-state index contributed by atoms with van der Waals surface area (Å²) in [6.07, 6.45) is 1.60. The van der Waals surface area contributed by atoms with Crippen molar-refractivity contribution in [2.45, 2.75) is 38.5 Å². The highest BCUT2D eigenvalue weighted by molar-refractivity contribution is 6.31. The summed E-state index contributed by atoms with van der Waals surface area (Å²) in [6.45, 7) is 5.32. The number of halogens is 1. The quantitative estimate of drug-likeness (QED) is 0.824. The molecule has 0 saturated carbocycles. The minimum Gasteiger partial charge on any atom is -0.496 e. The number of rotatable bonds is 4. The van der Waals surface area contributed by atoms with Crippen molar-refractivity contribution in [1.29, 1.82) is 0 Å². The average molecular weight is 364 g/mol. The minimum absolute atomic E-state index is 0.0637. The molecule has 1 aromatic heterocycles. The second-order valence-corrected chi connectivity index (χ2v) is 6.98. The van der Waals surface area contributed by atoms with Gasteiger partial charge in [-0.3, -0.25) is 4.79 Å². The maximum Gasteiger partial charge on any atom is 0.257 e. The standard InChI is InChI=1S/C18H22ClN3O3/c1-11(2)16-20-21-17(25-16)12-6-8-22(9-7-12)18(23)14-10-13(19)4-5-15(14)24-3/h4-5,10-12H,6-9H2,1-3H3.